The number of nitrogens with zero attached hydrogens (tertiary/aromatic N) is 1. The van der Waals surface area contributed by atoms with Crippen LogP contribution in [0.15, 0.2) is 60.7 Å². The molecule has 0 aromatic heterocycles. The van der Waals surface area contributed by atoms with Crippen molar-refractivity contribution < 1.29 is 14.3 Å². The van der Waals surface area contributed by atoms with Gasteiger partial charge in [-0.15, -0.1) is 0 Å². The van der Waals surface area contributed by atoms with Crippen molar-refractivity contribution in [3.05, 3.63) is 77.4 Å². The lowest BCUT2D eigenvalue weighted by molar-refractivity contribution is -0.129. The third-order valence-electron chi connectivity index (χ3n) is 5.02. The van der Waals surface area contributed by atoms with Gasteiger partial charge in [-0.1, -0.05) is 42.5 Å². The van der Waals surface area contributed by atoms with Gasteiger partial charge < -0.3 is 9.64 Å². The second kappa shape index (κ2) is 8.67. The van der Waals surface area contributed by atoms with Gasteiger partial charge in [-0.05, 0) is 55.0 Å². The van der Waals surface area contributed by atoms with Crippen molar-refractivity contribution in [3.8, 4) is 0 Å². The zero-order valence-electron chi connectivity index (χ0n) is 15.8. The summed E-state index contributed by atoms with van der Waals surface area (Å²) in [5.41, 5.74) is 2.50. The van der Waals surface area contributed by atoms with Gasteiger partial charge in [-0.3, -0.25) is 4.79 Å². The maximum Gasteiger partial charge on any atom is 0.337 e. The summed E-state index contributed by atoms with van der Waals surface area (Å²) in [4.78, 5) is 26.3. The summed E-state index contributed by atoms with van der Waals surface area (Å²) in [5, 5.41) is 0. The van der Waals surface area contributed by atoms with Crippen LogP contribution < -0.4 is 0 Å². The van der Waals surface area contributed by atoms with E-state index >= 15 is 0 Å². The third kappa shape index (κ3) is 5.07. The van der Waals surface area contributed by atoms with E-state index in [2.05, 4.69) is 19.1 Å². The number of carbonyl (C=O) groups excluding carboxylic acids is 2. The molecule has 3 rings (SSSR count). The van der Waals surface area contributed by atoms with Crippen LogP contribution in [-0.4, -0.2) is 29.9 Å². The first-order valence-electron chi connectivity index (χ1n) is 9.29. The number of methoxy groups -OCH3 is 1. The molecule has 0 saturated heterocycles. The molecule has 27 heavy (non-hydrogen) atoms. The molecule has 0 N–H and O–H groups in total. The second-order valence-corrected chi connectivity index (χ2v) is 6.98. The SMILES string of the molecule is COC(=O)c1ccc(/C=C/C(=O)N(Cc2ccccc2)C(C)C2CC2)cc1. The van der Waals surface area contributed by atoms with Crippen molar-refractivity contribution in [1.29, 1.82) is 0 Å². The Morgan fingerprint density at radius 1 is 1.11 bits per heavy atom. The van der Waals surface area contributed by atoms with Crippen LogP contribution in [0.1, 0.15) is 41.3 Å². The zero-order chi connectivity index (χ0) is 19.2. The summed E-state index contributed by atoms with van der Waals surface area (Å²) in [6.45, 7) is 2.75. The molecule has 0 aliphatic heterocycles. The van der Waals surface area contributed by atoms with E-state index in [1.807, 2.05) is 35.2 Å². The van der Waals surface area contributed by atoms with Gasteiger partial charge in [-0.2, -0.15) is 0 Å². The van der Waals surface area contributed by atoms with Gasteiger partial charge >= 0.3 is 5.97 Å². The Hall–Kier alpha value is -2.88. The predicted molar refractivity (Wildman–Crippen MR) is 106 cm³/mol. The molecule has 1 unspecified atom stereocenters. The molecule has 1 atom stereocenters. The summed E-state index contributed by atoms with van der Waals surface area (Å²) in [5.74, 6) is 0.245. The Morgan fingerprint density at radius 3 is 2.37 bits per heavy atom. The molecule has 1 saturated carbocycles. The molecule has 140 valence electrons. The second-order valence-electron chi connectivity index (χ2n) is 6.98. The van der Waals surface area contributed by atoms with Gasteiger partial charge in [0.15, 0.2) is 0 Å². The number of rotatable bonds is 7. The standard InChI is InChI=1S/C23H25NO3/c1-17(20-13-14-20)24(16-19-6-4-3-5-7-19)22(25)15-10-18-8-11-21(12-9-18)23(26)27-2/h3-12,15,17,20H,13-14,16H2,1-2H3/b15-10+. The van der Waals surface area contributed by atoms with Crippen molar-refractivity contribution >= 4 is 18.0 Å². The number of hydrogen-bond donors (Lipinski definition) is 0. The summed E-state index contributed by atoms with van der Waals surface area (Å²) < 4.78 is 4.70. The molecule has 4 nitrogen and oxygen atoms in total. The molecular formula is C23H25NO3. The van der Waals surface area contributed by atoms with Crippen LogP contribution in [0.4, 0.5) is 0 Å². The van der Waals surface area contributed by atoms with Crippen molar-refractivity contribution in [2.24, 2.45) is 5.92 Å². The molecular weight excluding hydrogens is 338 g/mol. The topological polar surface area (TPSA) is 46.6 Å². The average Bonchev–Trinajstić information content (AvgIpc) is 3.55. The molecule has 1 fully saturated rings. The lowest BCUT2D eigenvalue weighted by Gasteiger charge is -2.28. The first-order chi connectivity index (χ1) is 13.1. The van der Waals surface area contributed by atoms with Crippen LogP contribution >= 0.6 is 0 Å². The van der Waals surface area contributed by atoms with Crippen LogP contribution in [0.2, 0.25) is 0 Å². The molecule has 0 spiro atoms. The van der Waals surface area contributed by atoms with Gasteiger partial charge in [0.2, 0.25) is 5.91 Å². The fourth-order valence-corrected chi connectivity index (χ4v) is 3.15. The molecule has 0 radical (unpaired) electrons. The Labute approximate surface area is 160 Å². The molecule has 2 aromatic carbocycles. The highest BCUT2D eigenvalue weighted by Gasteiger charge is 2.33. The maximum atomic E-state index is 12.9. The Morgan fingerprint density at radius 2 is 1.78 bits per heavy atom. The van der Waals surface area contributed by atoms with Crippen LogP contribution in [0.5, 0.6) is 0 Å². The van der Waals surface area contributed by atoms with Crippen LogP contribution in [0.25, 0.3) is 6.08 Å². The van der Waals surface area contributed by atoms with Gasteiger partial charge in [0.05, 0.1) is 12.7 Å². The number of hydrogen-bond acceptors (Lipinski definition) is 3. The molecule has 4 heteroatoms. The van der Waals surface area contributed by atoms with Crippen molar-refractivity contribution in [2.75, 3.05) is 7.11 Å². The molecule has 1 amide bonds. The summed E-state index contributed by atoms with van der Waals surface area (Å²) >= 11 is 0. The Kier molecular flexibility index (Phi) is 6.07. The highest BCUT2D eigenvalue weighted by molar-refractivity contribution is 5.92. The number of esters is 1. The van der Waals surface area contributed by atoms with E-state index in [9.17, 15) is 9.59 Å². The largest absolute Gasteiger partial charge is 0.465 e. The van der Waals surface area contributed by atoms with Gasteiger partial charge in [0, 0.05) is 18.7 Å². The first-order valence-corrected chi connectivity index (χ1v) is 9.29. The average molecular weight is 363 g/mol. The van der Waals surface area contributed by atoms with Crippen LogP contribution in [0, 0.1) is 5.92 Å². The van der Waals surface area contributed by atoms with E-state index in [0.717, 1.165) is 11.1 Å². The van der Waals surface area contributed by atoms with Gasteiger partial charge in [-0.25, -0.2) is 4.79 Å². The molecule has 2 aromatic rings. The fourth-order valence-electron chi connectivity index (χ4n) is 3.15. The fraction of sp³-hybridized carbons (Fsp3) is 0.304. The summed E-state index contributed by atoms with van der Waals surface area (Å²) in [6.07, 6.45) is 5.80. The van der Waals surface area contributed by atoms with Crippen LogP contribution in [0.3, 0.4) is 0 Å². The quantitative estimate of drug-likeness (QED) is 0.544. The van der Waals surface area contributed by atoms with Gasteiger partial charge in [0.25, 0.3) is 0 Å². The maximum absolute atomic E-state index is 12.9. The van der Waals surface area contributed by atoms with E-state index in [4.69, 9.17) is 4.74 Å². The highest BCUT2D eigenvalue weighted by Crippen LogP contribution is 2.35. The summed E-state index contributed by atoms with van der Waals surface area (Å²) in [7, 11) is 1.36. The lowest BCUT2D eigenvalue weighted by Crippen LogP contribution is -2.38. The number of amides is 1. The lowest BCUT2D eigenvalue weighted by atomic mass is 10.1. The smallest absolute Gasteiger partial charge is 0.337 e. The third-order valence-corrected chi connectivity index (χ3v) is 5.02. The van der Waals surface area contributed by atoms with E-state index < -0.39 is 0 Å². The zero-order valence-corrected chi connectivity index (χ0v) is 15.8. The normalized spacial score (nSPS) is 14.7. The van der Waals surface area contributed by atoms with E-state index in [0.29, 0.717) is 18.0 Å². The highest BCUT2D eigenvalue weighted by atomic mass is 16.5. The van der Waals surface area contributed by atoms with Gasteiger partial charge in [0.1, 0.15) is 0 Å². The van der Waals surface area contributed by atoms with Crippen LogP contribution in [-0.2, 0) is 16.1 Å². The monoisotopic (exact) mass is 363 g/mol. The molecule has 0 heterocycles. The minimum absolute atomic E-state index is 0.00953. The van der Waals surface area contributed by atoms with Crippen molar-refractivity contribution in [1.82, 2.24) is 4.90 Å². The molecule has 0 bridgehead atoms. The number of carbonyl (C=O) groups is 2. The minimum Gasteiger partial charge on any atom is -0.465 e. The molecule has 1 aliphatic carbocycles. The number of ether oxygens (including phenoxy) is 1. The van der Waals surface area contributed by atoms with Crippen molar-refractivity contribution in [3.63, 3.8) is 0 Å². The predicted octanol–water partition coefficient (Wildman–Crippen LogP) is 4.31. The van der Waals surface area contributed by atoms with E-state index in [1.165, 1.54) is 20.0 Å². The van der Waals surface area contributed by atoms with Crippen molar-refractivity contribution in [2.45, 2.75) is 32.4 Å². The number of benzene rings is 2. The van der Waals surface area contributed by atoms with E-state index in [-0.39, 0.29) is 17.9 Å². The van der Waals surface area contributed by atoms with E-state index in [1.54, 1.807) is 24.3 Å². The Bertz CT molecular complexity index is 807. The Balaban J connectivity index is 1.71. The minimum atomic E-state index is -0.367. The first kappa shape index (κ1) is 18.9. The summed E-state index contributed by atoms with van der Waals surface area (Å²) in [6, 6.07) is 17.3. The molecule has 1 aliphatic rings.